The average Bonchev–Trinajstić information content (AvgIpc) is 2.94. The maximum Gasteiger partial charge on any atom is 0.245 e. The molecule has 21 heavy (non-hydrogen) atoms. The Hall–Kier alpha value is -1.62. The van der Waals surface area contributed by atoms with E-state index in [0.717, 1.165) is 19.3 Å². The number of hydrogen-bond donors (Lipinski definition) is 1. The topological polar surface area (TPSA) is 96.4 Å². The molecule has 2 atom stereocenters. The van der Waals surface area contributed by atoms with E-state index in [1.165, 1.54) is 22.5 Å². The molecule has 1 aliphatic heterocycles. The summed E-state index contributed by atoms with van der Waals surface area (Å²) in [5, 5.41) is 8.85. The highest BCUT2D eigenvalue weighted by atomic mass is 32.2. The van der Waals surface area contributed by atoms with Crippen molar-refractivity contribution in [2.45, 2.75) is 36.3 Å². The zero-order valence-electron chi connectivity index (χ0n) is 11.5. The molecule has 0 amide bonds. The number of hydrogen-bond acceptors (Lipinski definition) is 5. The minimum absolute atomic E-state index is 0.00636. The summed E-state index contributed by atoms with van der Waals surface area (Å²) in [7, 11) is -3.65. The highest BCUT2D eigenvalue weighted by Gasteiger charge is 2.42. The third kappa shape index (κ3) is 2.39. The number of benzene rings is 1. The highest BCUT2D eigenvalue weighted by Crippen LogP contribution is 2.34. The van der Waals surface area contributed by atoms with Crippen LogP contribution < -0.4 is 5.73 Å². The fraction of sp³-hybridized carbons (Fsp3) is 0.500. The second-order valence-corrected chi connectivity index (χ2v) is 7.25. The number of nitrogens with two attached hydrogens (primary N) is 1. The van der Waals surface area contributed by atoms with Crippen LogP contribution in [-0.2, 0) is 14.8 Å². The second kappa shape index (κ2) is 5.30. The van der Waals surface area contributed by atoms with E-state index in [1.54, 1.807) is 0 Å². The average molecular weight is 307 g/mol. The van der Waals surface area contributed by atoms with Crippen LogP contribution >= 0.6 is 0 Å². The van der Waals surface area contributed by atoms with E-state index in [0.29, 0.717) is 18.7 Å². The number of sulfonamides is 1. The zero-order valence-corrected chi connectivity index (χ0v) is 12.3. The van der Waals surface area contributed by atoms with Crippen LogP contribution in [0, 0.1) is 11.3 Å². The Bertz CT molecular complexity index is 696. The summed E-state index contributed by atoms with van der Waals surface area (Å²) in [6, 6.07) is 6.16. The lowest BCUT2D eigenvalue weighted by Crippen LogP contribution is -2.51. The lowest BCUT2D eigenvalue weighted by atomic mass is 10.2. The lowest BCUT2D eigenvalue weighted by molar-refractivity contribution is -0.0241. The van der Waals surface area contributed by atoms with Crippen molar-refractivity contribution in [2.75, 3.05) is 18.9 Å². The van der Waals surface area contributed by atoms with Gasteiger partial charge in [0.2, 0.25) is 10.0 Å². The van der Waals surface area contributed by atoms with Crippen molar-refractivity contribution in [1.82, 2.24) is 4.31 Å². The van der Waals surface area contributed by atoms with Gasteiger partial charge in [-0.1, -0.05) is 0 Å². The Kier molecular flexibility index (Phi) is 3.61. The van der Waals surface area contributed by atoms with Crippen LogP contribution in [0.25, 0.3) is 0 Å². The first-order valence-corrected chi connectivity index (χ1v) is 8.41. The fourth-order valence-corrected chi connectivity index (χ4v) is 4.93. The summed E-state index contributed by atoms with van der Waals surface area (Å²) >= 11 is 0. The molecule has 2 unspecified atom stereocenters. The summed E-state index contributed by atoms with van der Waals surface area (Å²) in [6.45, 7) is 0.763. The van der Waals surface area contributed by atoms with E-state index in [1.807, 2.05) is 6.07 Å². The summed E-state index contributed by atoms with van der Waals surface area (Å²) in [5.74, 6) is 0. The van der Waals surface area contributed by atoms with Gasteiger partial charge in [-0.3, -0.25) is 0 Å². The molecule has 112 valence electrons. The minimum Gasteiger partial charge on any atom is -0.398 e. The zero-order chi connectivity index (χ0) is 15.0. The number of rotatable bonds is 2. The largest absolute Gasteiger partial charge is 0.398 e. The maximum atomic E-state index is 12.9. The molecule has 1 saturated carbocycles. The summed E-state index contributed by atoms with van der Waals surface area (Å²) in [4.78, 5) is 0.0778. The summed E-state index contributed by atoms with van der Waals surface area (Å²) < 4.78 is 32.9. The van der Waals surface area contributed by atoms with Gasteiger partial charge < -0.3 is 10.5 Å². The van der Waals surface area contributed by atoms with Gasteiger partial charge >= 0.3 is 0 Å². The number of nitrogens with zero attached hydrogens (tertiary/aromatic N) is 2. The van der Waals surface area contributed by atoms with Crippen LogP contribution in [0.4, 0.5) is 5.69 Å². The van der Waals surface area contributed by atoms with Crippen molar-refractivity contribution >= 4 is 15.7 Å². The van der Waals surface area contributed by atoms with Crippen molar-refractivity contribution in [3.8, 4) is 6.07 Å². The highest BCUT2D eigenvalue weighted by molar-refractivity contribution is 7.89. The maximum absolute atomic E-state index is 12.9. The van der Waals surface area contributed by atoms with Gasteiger partial charge in [-0.2, -0.15) is 9.57 Å². The Morgan fingerprint density at radius 3 is 2.90 bits per heavy atom. The predicted molar refractivity (Wildman–Crippen MR) is 76.8 cm³/mol. The molecule has 3 rings (SSSR count). The first-order valence-electron chi connectivity index (χ1n) is 6.97. The number of nitriles is 1. The second-order valence-electron chi connectivity index (χ2n) is 5.39. The molecule has 2 aliphatic rings. The van der Waals surface area contributed by atoms with E-state index in [2.05, 4.69) is 0 Å². The number of nitrogen functional groups attached to an aromatic ring is 1. The first kappa shape index (κ1) is 14.3. The number of ether oxygens (including phenoxy) is 1. The van der Waals surface area contributed by atoms with E-state index < -0.39 is 10.0 Å². The molecule has 1 heterocycles. The van der Waals surface area contributed by atoms with E-state index >= 15 is 0 Å². The minimum atomic E-state index is -3.65. The Balaban J connectivity index is 1.98. The van der Waals surface area contributed by atoms with Gasteiger partial charge in [0.15, 0.2) is 0 Å². The molecule has 1 aromatic carbocycles. The van der Waals surface area contributed by atoms with Gasteiger partial charge in [-0.05, 0) is 37.5 Å². The molecule has 0 radical (unpaired) electrons. The molecule has 1 aromatic rings. The van der Waals surface area contributed by atoms with Crippen molar-refractivity contribution in [3.05, 3.63) is 23.8 Å². The van der Waals surface area contributed by atoms with E-state index in [4.69, 9.17) is 15.7 Å². The van der Waals surface area contributed by atoms with E-state index in [-0.39, 0.29) is 22.7 Å². The first-order chi connectivity index (χ1) is 10.0. The van der Waals surface area contributed by atoms with Gasteiger partial charge in [0, 0.05) is 6.54 Å². The number of morpholine rings is 1. The SMILES string of the molecule is N#Cc1ccc(S(=O)(=O)N2CCOC3CCCC32)c(N)c1. The van der Waals surface area contributed by atoms with Gasteiger partial charge in [-0.25, -0.2) is 8.42 Å². The Morgan fingerprint density at radius 2 is 2.19 bits per heavy atom. The molecular weight excluding hydrogens is 290 g/mol. The van der Waals surface area contributed by atoms with Crippen LogP contribution in [0.1, 0.15) is 24.8 Å². The molecule has 6 nitrogen and oxygen atoms in total. The molecule has 0 spiro atoms. The van der Waals surface area contributed by atoms with Crippen molar-refractivity contribution < 1.29 is 13.2 Å². The van der Waals surface area contributed by atoms with Gasteiger partial charge in [-0.15, -0.1) is 0 Å². The van der Waals surface area contributed by atoms with Gasteiger partial charge in [0.1, 0.15) is 4.90 Å². The third-order valence-electron chi connectivity index (χ3n) is 4.16. The van der Waals surface area contributed by atoms with Crippen molar-refractivity contribution in [1.29, 1.82) is 5.26 Å². The number of anilines is 1. The van der Waals surface area contributed by atoms with Gasteiger partial charge in [0.05, 0.1) is 36.1 Å². The normalized spacial score (nSPS) is 26.2. The Labute approximate surface area is 124 Å². The molecule has 1 saturated heterocycles. The van der Waals surface area contributed by atoms with Crippen LogP contribution in [-0.4, -0.2) is 38.0 Å². The quantitative estimate of drug-likeness (QED) is 0.825. The lowest BCUT2D eigenvalue weighted by Gasteiger charge is -2.36. The molecule has 0 bridgehead atoms. The predicted octanol–water partition coefficient (Wildman–Crippen LogP) is 1.08. The molecule has 2 fully saturated rings. The standard InChI is InChI=1S/C14H17N3O3S/c15-9-10-4-5-14(11(16)8-10)21(18,19)17-6-7-20-13-3-1-2-12(13)17/h4-5,8,12-13H,1-3,6-7,16H2. The van der Waals surface area contributed by atoms with Crippen LogP contribution in [0.2, 0.25) is 0 Å². The smallest absolute Gasteiger partial charge is 0.245 e. The molecular formula is C14H17N3O3S. The summed E-state index contributed by atoms with van der Waals surface area (Å²) in [6.07, 6.45) is 2.69. The van der Waals surface area contributed by atoms with Crippen molar-refractivity contribution in [3.63, 3.8) is 0 Å². The van der Waals surface area contributed by atoms with Crippen LogP contribution in [0.15, 0.2) is 23.1 Å². The Morgan fingerprint density at radius 1 is 1.38 bits per heavy atom. The van der Waals surface area contributed by atoms with Crippen molar-refractivity contribution in [2.24, 2.45) is 0 Å². The summed E-state index contributed by atoms with van der Waals surface area (Å²) in [5.41, 5.74) is 6.31. The van der Waals surface area contributed by atoms with Crippen LogP contribution in [0.3, 0.4) is 0 Å². The van der Waals surface area contributed by atoms with Gasteiger partial charge in [0.25, 0.3) is 0 Å². The molecule has 7 heteroatoms. The molecule has 1 aliphatic carbocycles. The van der Waals surface area contributed by atoms with E-state index in [9.17, 15) is 8.42 Å². The third-order valence-corrected chi connectivity index (χ3v) is 6.16. The van der Waals surface area contributed by atoms with Crippen LogP contribution in [0.5, 0.6) is 0 Å². The molecule has 2 N–H and O–H groups in total. The monoisotopic (exact) mass is 307 g/mol. The molecule has 0 aromatic heterocycles. The number of fused-ring (bicyclic) bond motifs is 1. The fourth-order valence-electron chi connectivity index (χ4n) is 3.17.